The van der Waals surface area contributed by atoms with Gasteiger partial charge in [0.1, 0.15) is 0 Å². The zero-order chi connectivity index (χ0) is 26.6. The Morgan fingerprint density at radius 1 is 0.657 bits per heavy atom. The van der Waals surface area contributed by atoms with Gasteiger partial charge in [-0.1, -0.05) is 79.1 Å². The molecule has 0 aromatic heterocycles. The monoisotopic (exact) mass is 522 g/mol. The van der Waals surface area contributed by atoms with Crippen LogP contribution in [0, 0.1) is 10.8 Å². The van der Waals surface area contributed by atoms with Crippen molar-refractivity contribution < 1.29 is 33.5 Å². The van der Waals surface area contributed by atoms with Crippen molar-refractivity contribution in [1.82, 2.24) is 0 Å². The molecule has 3 N–H and O–H groups in total. The molecule has 0 fully saturated rings. The Balaban J connectivity index is 4.02. The van der Waals surface area contributed by atoms with Crippen molar-refractivity contribution >= 4 is 13.8 Å². The summed E-state index contributed by atoms with van der Waals surface area (Å²) >= 11 is 0. The number of phosphoric ester groups is 1. The standard InChI is InChI=1S/C27H55O7P/c1-5-26(6-2,18-10-9-17-25(28)29)19-11-14-22-33-23-15-12-20-27(7-3,8-4)21-13-16-24-34-35(30,31)32/h5-24H2,1-4H3,(H,28,29)(H2,30,31,32). The van der Waals surface area contributed by atoms with Crippen LogP contribution in [-0.4, -0.2) is 40.7 Å². The van der Waals surface area contributed by atoms with Crippen molar-refractivity contribution in [2.45, 2.75) is 137 Å². The number of carbonyl (C=O) groups is 1. The second kappa shape index (κ2) is 19.6. The first-order chi connectivity index (χ1) is 16.6. The molecule has 0 heterocycles. The lowest BCUT2D eigenvalue weighted by atomic mass is 9.74. The maximum atomic E-state index is 10.8. The summed E-state index contributed by atoms with van der Waals surface area (Å²) in [6.45, 7) is 10.7. The number of aliphatic carboxylic acids is 1. The van der Waals surface area contributed by atoms with Crippen LogP contribution in [0.1, 0.15) is 137 Å². The van der Waals surface area contributed by atoms with Crippen LogP contribution in [0.3, 0.4) is 0 Å². The Labute approximate surface area is 215 Å². The molecular formula is C27H55O7P. The van der Waals surface area contributed by atoms with Crippen LogP contribution in [0.4, 0.5) is 0 Å². The van der Waals surface area contributed by atoms with E-state index < -0.39 is 13.8 Å². The van der Waals surface area contributed by atoms with Crippen molar-refractivity contribution in [2.24, 2.45) is 10.8 Å². The molecular weight excluding hydrogens is 467 g/mol. The quantitative estimate of drug-likeness (QED) is 0.0825. The summed E-state index contributed by atoms with van der Waals surface area (Å²) in [6.07, 6.45) is 17.3. The third kappa shape index (κ3) is 17.6. The summed E-state index contributed by atoms with van der Waals surface area (Å²) in [5.41, 5.74) is 0.653. The number of unbranched alkanes of at least 4 members (excludes halogenated alkanes) is 4. The van der Waals surface area contributed by atoms with Crippen molar-refractivity contribution in [3.63, 3.8) is 0 Å². The minimum absolute atomic E-state index is 0.115. The molecule has 35 heavy (non-hydrogen) atoms. The first-order valence-electron chi connectivity index (χ1n) is 14.1. The first-order valence-corrected chi connectivity index (χ1v) is 15.6. The van der Waals surface area contributed by atoms with Gasteiger partial charge in [0.05, 0.1) is 6.61 Å². The lowest BCUT2D eigenvalue weighted by Gasteiger charge is -2.32. The fourth-order valence-electron chi connectivity index (χ4n) is 5.24. The topological polar surface area (TPSA) is 113 Å². The maximum absolute atomic E-state index is 10.8. The van der Waals surface area contributed by atoms with E-state index in [2.05, 4.69) is 32.2 Å². The van der Waals surface area contributed by atoms with E-state index in [1.807, 2.05) is 0 Å². The number of carboxylic acids is 1. The van der Waals surface area contributed by atoms with Gasteiger partial charge in [0.15, 0.2) is 0 Å². The SMILES string of the molecule is CCC(CC)(CCCCOCCCCC(CC)(CC)CCCCC(=O)O)CCCCOP(=O)(O)O. The summed E-state index contributed by atoms with van der Waals surface area (Å²) in [7, 11) is -4.35. The maximum Gasteiger partial charge on any atom is 0.469 e. The van der Waals surface area contributed by atoms with Crippen LogP contribution in [-0.2, 0) is 18.6 Å². The molecule has 0 amide bonds. The lowest BCUT2D eigenvalue weighted by molar-refractivity contribution is -0.137. The first kappa shape index (κ1) is 34.5. The van der Waals surface area contributed by atoms with Crippen molar-refractivity contribution in [2.75, 3.05) is 19.8 Å². The van der Waals surface area contributed by atoms with Gasteiger partial charge in [-0.2, -0.15) is 0 Å². The van der Waals surface area contributed by atoms with E-state index in [4.69, 9.17) is 19.6 Å². The van der Waals surface area contributed by atoms with Crippen LogP contribution in [0.25, 0.3) is 0 Å². The molecule has 0 saturated heterocycles. The number of carboxylic acid groups (broad SMARTS) is 1. The molecule has 0 aliphatic heterocycles. The molecule has 0 radical (unpaired) electrons. The van der Waals surface area contributed by atoms with Crippen LogP contribution in [0.15, 0.2) is 0 Å². The number of hydrogen-bond acceptors (Lipinski definition) is 4. The average Bonchev–Trinajstić information content (AvgIpc) is 2.82. The zero-order valence-corrected chi connectivity index (χ0v) is 24.0. The van der Waals surface area contributed by atoms with Crippen LogP contribution in [0.2, 0.25) is 0 Å². The van der Waals surface area contributed by atoms with E-state index in [-0.39, 0.29) is 13.0 Å². The van der Waals surface area contributed by atoms with E-state index in [9.17, 15) is 9.36 Å². The van der Waals surface area contributed by atoms with Gasteiger partial charge in [-0.05, 0) is 62.2 Å². The third-order valence-corrected chi connectivity index (χ3v) is 8.72. The molecule has 8 heteroatoms. The zero-order valence-electron chi connectivity index (χ0n) is 23.1. The molecule has 0 spiro atoms. The molecule has 0 aromatic rings. The molecule has 0 unspecified atom stereocenters. The third-order valence-electron chi connectivity index (χ3n) is 8.20. The smallest absolute Gasteiger partial charge is 0.469 e. The average molecular weight is 523 g/mol. The summed E-state index contributed by atoms with van der Waals surface area (Å²) in [5, 5.41) is 8.83. The Hall–Kier alpha value is -0.460. The lowest BCUT2D eigenvalue weighted by Crippen LogP contribution is -2.19. The van der Waals surface area contributed by atoms with Crippen LogP contribution >= 0.6 is 7.82 Å². The van der Waals surface area contributed by atoms with Gasteiger partial charge in [0.25, 0.3) is 0 Å². The van der Waals surface area contributed by atoms with E-state index in [0.29, 0.717) is 17.3 Å². The summed E-state index contributed by atoms with van der Waals surface area (Å²) < 4.78 is 21.2. The van der Waals surface area contributed by atoms with Gasteiger partial charge in [-0.25, -0.2) is 4.57 Å². The summed E-state index contributed by atoms with van der Waals surface area (Å²) in [4.78, 5) is 28.3. The van der Waals surface area contributed by atoms with E-state index in [0.717, 1.165) is 90.3 Å². The highest BCUT2D eigenvalue weighted by molar-refractivity contribution is 7.46. The predicted octanol–water partition coefficient (Wildman–Crippen LogP) is 7.88. The van der Waals surface area contributed by atoms with E-state index in [1.165, 1.54) is 19.3 Å². The number of ether oxygens (including phenoxy) is 1. The minimum Gasteiger partial charge on any atom is -0.481 e. The molecule has 0 atom stereocenters. The largest absolute Gasteiger partial charge is 0.481 e. The molecule has 0 bridgehead atoms. The Kier molecular flexibility index (Phi) is 19.4. The fourth-order valence-corrected chi connectivity index (χ4v) is 5.60. The second-order valence-electron chi connectivity index (χ2n) is 10.3. The van der Waals surface area contributed by atoms with Gasteiger partial charge in [-0.15, -0.1) is 0 Å². The molecule has 0 aliphatic rings. The van der Waals surface area contributed by atoms with Crippen molar-refractivity contribution in [3.05, 3.63) is 0 Å². The van der Waals surface area contributed by atoms with Gasteiger partial charge in [0, 0.05) is 19.6 Å². The normalized spacial score (nSPS) is 12.9. The summed E-state index contributed by atoms with van der Waals surface area (Å²) in [6, 6.07) is 0. The van der Waals surface area contributed by atoms with Crippen LogP contribution < -0.4 is 0 Å². The van der Waals surface area contributed by atoms with Gasteiger partial charge < -0.3 is 19.6 Å². The van der Waals surface area contributed by atoms with Crippen molar-refractivity contribution in [3.8, 4) is 0 Å². The molecule has 0 aromatic carbocycles. The van der Waals surface area contributed by atoms with Gasteiger partial charge in [0.2, 0.25) is 0 Å². The highest BCUT2D eigenvalue weighted by Crippen LogP contribution is 2.40. The van der Waals surface area contributed by atoms with Gasteiger partial charge >= 0.3 is 13.8 Å². The molecule has 0 saturated carbocycles. The Bertz CT molecular complexity index is 568. The predicted molar refractivity (Wildman–Crippen MR) is 143 cm³/mol. The van der Waals surface area contributed by atoms with Crippen LogP contribution in [0.5, 0.6) is 0 Å². The highest BCUT2D eigenvalue weighted by atomic mass is 31.2. The molecule has 7 nitrogen and oxygen atoms in total. The molecule has 210 valence electrons. The molecule has 0 aliphatic carbocycles. The van der Waals surface area contributed by atoms with Gasteiger partial charge in [-0.3, -0.25) is 9.32 Å². The Morgan fingerprint density at radius 2 is 1.03 bits per heavy atom. The number of rotatable bonds is 25. The minimum atomic E-state index is -4.35. The fraction of sp³-hybridized carbons (Fsp3) is 0.963. The highest BCUT2D eigenvalue weighted by Gasteiger charge is 2.26. The Morgan fingerprint density at radius 3 is 1.37 bits per heavy atom. The van der Waals surface area contributed by atoms with E-state index >= 15 is 0 Å². The molecule has 0 rings (SSSR count). The van der Waals surface area contributed by atoms with Crippen molar-refractivity contribution in [1.29, 1.82) is 0 Å². The number of phosphoric acid groups is 1. The van der Waals surface area contributed by atoms with E-state index in [1.54, 1.807) is 0 Å². The number of hydrogen-bond donors (Lipinski definition) is 3. The second-order valence-corrected chi connectivity index (χ2v) is 11.6. The summed E-state index contributed by atoms with van der Waals surface area (Å²) in [5.74, 6) is -0.693.